The number of nitrogens with zero attached hydrogens (tertiary/aromatic N) is 1. The number of aromatic nitrogens is 1. The molecule has 1 amide bonds. The SMILES string of the molecule is CC(C)(C)C(=O)OCc1cccc(Cl)c1NC(=O)c1cnc(N)s1. The Bertz CT molecular complexity index is 768. The second-order valence-electron chi connectivity index (χ2n) is 6.12. The number of hydrogen-bond acceptors (Lipinski definition) is 6. The van der Waals surface area contributed by atoms with E-state index in [9.17, 15) is 9.59 Å². The minimum absolute atomic E-state index is 0.0110. The lowest BCUT2D eigenvalue weighted by Crippen LogP contribution is -2.23. The van der Waals surface area contributed by atoms with Gasteiger partial charge in [0, 0.05) is 5.56 Å². The number of anilines is 2. The molecule has 24 heavy (non-hydrogen) atoms. The number of para-hydroxylation sites is 1. The Labute approximate surface area is 149 Å². The van der Waals surface area contributed by atoms with Crippen LogP contribution < -0.4 is 11.1 Å². The smallest absolute Gasteiger partial charge is 0.311 e. The molecule has 0 aliphatic carbocycles. The van der Waals surface area contributed by atoms with Crippen LogP contribution in [0.25, 0.3) is 0 Å². The predicted octanol–water partition coefficient (Wildman–Crippen LogP) is 3.72. The Morgan fingerprint density at radius 1 is 1.38 bits per heavy atom. The summed E-state index contributed by atoms with van der Waals surface area (Å²) >= 11 is 7.25. The number of rotatable bonds is 4. The first-order valence-corrected chi connectivity index (χ1v) is 8.35. The lowest BCUT2D eigenvalue weighted by atomic mass is 9.97. The van der Waals surface area contributed by atoms with Crippen LogP contribution >= 0.6 is 22.9 Å². The number of carbonyl (C=O) groups is 2. The van der Waals surface area contributed by atoms with Crippen molar-refractivity contribution >= 4 is 45.6 Å². The highest BCUT2D eigenvalue weighted by molar-refractivity contribution is 7.17. The van der Waals surface area contributed by atoms with Crippen LogP contribution in [-0.2, 0) is 16.1 Å². The molecule has 3 N–H and O–H groups in total. The molecular formula is C16H18ClN3O3S. The van der Waals surface area contributed by atoms with Crippen LogP contribution in [0.4, 0.5) is 10.8 Å². The van der Waals surface area contributed by atoms with Crippen molar-refractivity contribution in [1.29, 1.82) is 0 Å². The maximum absolute atomic E-state index is 12.3. The molecule has 8 heteroatoms. The Morgan fingerprint density at radius 3 is 2.67 bits per heavy atom. The minimum Gasteiger partial charge on any atom is -0.460 e. The molecule has 6 nitrogen and oxygen atoms in total. The molecule has 0 radical (unpaired) electrons. The number of nitrogens with two attached hydrogens (primary N) is 1. The van der Waals surface area contributed by atoms with Gasteiger partial charge in [0.15, 0.2) is 5.13 Å². The van der Waals surface area contributed by atoms with E-state index in [2.05, 4.69) is 10.3 Å². The monoisotopic (exact) mass is 367 g/mol. The molecule has 1 aromatic heterocycles. The standard InChI is InChI=1S/C16H18ClN3O3S/c1-16(2,3)14(22)23-8-9-5-4-6-10(17)12(9)20-13(21)11-7-19-15(18)24-11/h4-7H,8H2,1-3H3,(H2,18,19)(H,20,21). The van der Waals surface area contributed by atoms with Crippen LogP contribution in [0.5, 0.6) is 0 Å². The van der Waals surface area contributed by atoms with Gasteiger partial charge in [-0.1, -0.05) is 35.1 Å². The quantitative estimate of drug-likeness (QED) is 0.803. The normalized spacial score (nSPS) is 11.2. The van der Waals surface area contributed by atoms with Gasteiger partial charge in [-0.25, -0.2) is 4.98 Å². The van der Waals surface area contributed by atoms with Crippen molar-refractivity contribution in [1.82, 2.24) is 4.98 Å². The molecule has 0 fully saturated rings. The van der Waals surface area contributed by atoms with E-state index >= 15 is 0 Å². The molecule has 1 aromatic carbocycles. The number of halogens is 1. The molecule has 1 heterocycles. The van der Waals surface area contributed by atoms with Crippen molar-refractivity contribution in [2.75, 3.05) is 11.1 Å². The fourth-order valence-corrected chi connectivity index (χ4v) is 2.58. The number of nitrogen functional groups attached to an aromatic ring is 1. The molecular weight excluding hydrogens is 350 g/mol. The van der Waals surface area contributed by atoms with Crippen LogP contribution in [0.1, 0.15) is 36.0 Å². The van der Waals surface area contributed by atoms with Gasteiger partial charge in [0.25, 0.3) is 5.91 Å². The molecule has 0 aliphatic heterocycles. The second kappa shape index (κ2) is 7.19. The van der Waals surface area contributed by atoms with E-state index in [4.69, 9.17) is 22.1 Å². The summed E-state index contributed by atoms with van der Waals surface area (Å²) in [6.45, 7) is 5.32. The Kier molecular flexibility index (Phi) is 5.46. The Balaban J connectivity index is 2.17. The summed E-state index contributed by atoms with van der Waals surface area (Å²) in [5.74, 6) is -0.712. The summed E-state index contributed by atoms with van der Waals surface area (Å²) in [6.07, 6.45) is 1.39. The first-order chi connectivity index (χ1) is 11.2. The fraction of sp³-hybridized carbons (Fsp3) is 0.312. The van der Waals surface area contributed by atoms with Crippen LogP contribution in [0.3, 0.4) is 0 Å². The van der Waals surface area contributed by atoms with E-state index in [1.807, 2.05) is 0 Å². The molecule has 128 valence electrons. The summed E-state index contributed by atoms with van der Waals surface area (Å²) in [6, 6.07) is 5.11. The van der Waals surface area contributed by atoms with E-state index < -0.39 is 5.41 Å². The Hall–Kier alpha value is -2.12. The van der Waals surface area contributed by atoms with Gasteiger partial charge in [-0.05, 0) is 26.8 Å². The van der Waals surface area contributed by atoms with Gasteiger partial charge in [-0.2, -0.15) is 0 Å². The number of esters is 1. The van der Waals surface area contributed by atoms with Crippen LogP contribution in [0.2, 0.25) is 5.02 Å². The fourth-order valence-electron chi connectivity index (χ4n) is 1.76. The zero-order valence-electron chi connectivity index (χ0n) is 13.6. The van der Waals surface area contributed by atoms with Gasteiger partial charge in [-0.15, -0.1) is 0 Å². The van der Waals surface area contributed by atoms with Gasteiger partial charge in [0.2, 0.25) is 0 Å². The zero-order chi connectivity index (χ0) is 17.9. The lowest BCUT2D eigenvalue weighted by Gasteiger charge is -2.18. The number of carbonyl (C=O) groups excluding carboxylic acids is 2. The highest BCUT2D eigenvalue weighted by Crippen LogP contribution is 2.28. The third kappa shape index (κ3) is 4.46. The molecule has 2 aromatic rings. The highest BCUT2D eigenvalue weighted by Gasteiger charge is 2.23. The first-order valence-electron chi connectivity index (χ1n) is 7.16. The van der Waals surface area contributed by atoms with Crippen molar-refractivity contribution in [3.05, 3.63) is 39.9 Å². The molecule has 0 bridgehead atoms. The van der Waals surface area contributed by atoms with Gasteiger partial charge >= 0.3 is 5.97 Å². The van der Waals surface area contributed by atoms with Gasteiger partial charge in [-0.3, -0.25) is 9.59 Å². The Morgan fingerprint density at radius 2 is 2.08 bits per heavy atom. The van der Waals surface area contributed by atoms with E-state index in [1.165, 1.54) is 6.20 Å². The zero-order valence-corrected chi connectivity index (χ0v) is 15.1. The average Bonchev–Trinajstić information content (AvgIpc) is 2.93. The molecule has 0 saturated carbocycles. The van der Waals surface area contributed by atoms with Crippen molar-refractivity contribution in [2.24, 2.45) is 5.41 Å². The number of hydrogen-bond donors (Lipinski definition) is 2. The average molecular weight is 368 g/mol. The molecule has 2 rings (SSSR count). The number of nitrogens with one attached hydrogen (secondary N) is 1. The largest absolute Gasteiger partial charge is 0.460 e. The number of ether oxygens (including phenoxy) is 1. The minimum atomic E-state index is -0.609. The summed E-state index contributed by atoms with van der Waals surface area (Å²) in [4.78, 5) is 28.4. The number of amides is 1. The van der Waals surface area contributed by atoms with Gasteiger partial charge in [0.05, 0.1) is 22.3 Å². The third-order valence-electron chi connectivity index (χ3n) is 3.06. The maximum atomic E-state index is 12.3. The van der Waals surface area contributed by atoms with Crippen molar-refractivity contribution in [3.8, 4) is 0 Å². The number of thiazole rings is 1. The predicted molar refractivity (Wildman–Crippen MR) is 95.2 cm³/mol. The molecule has 0 saturated heterocycles. The molecule has 0 atom stereocenters. The number of benzene rings is 1. The summed E-state index contributed by atoms with van der Waals surface area (Å²) < 4.78 is 5.30. The summed E-state index contributed by atoms with van der Waals surface area (Å²) in [5, 5.41) is 3.38. The van der Waals surface area contributed by atoms with Crippen LogP contribution in [-0.4, -0.2) is 16.9 Å². The van der Waals surface area contributed by atoms with E-state index in [1.54, 1.807) is 39.0 Å². The maximum Gasteiger partial charge on any atom is 0.311 e. The summed E-state index contributed by atoms with van der Waals surface area (Å²) in [5.41, 5.74) is 5.93. The molecule has 0 aliphatic rings. The first kappa shape index (κ1) is 18.2. The van der Waals surface area contributed by atoms with E-state index in [0.29, 0.717) is 26.3 Å². The van der Waals surface area contributed by atoms with Crippen molar-refractivity contribution in [3.63, 3.8) is 0 Å². The second-order valence-corrected chi connectivity index (χ2v) is 7.59. The highest BCUT2D eigenvalue weighted by atomic mass is 35.5. The lowest BCUT2D eigenvalue weighted by molar-refractivity contribution is -0.154. The van der Waals surface area contributed by atoms with Gasteiger partial charge < -0.3 is 15.8 Å². The van der Waals surface area contributed by atoms with Crippen molar-refractivity contribution < 1.29 is 14.3 Å². The van der Waals surface area contributed by atoms with Crippen LogP contribution in [0.15, 0.2) is 24.4 Å². The molecule has 0 spiro atoms. The van der Waals surface area contributed by atoms with E-state index in [0.717, 1.165) is 11.3 Å². The summed E-state index contributed by atoms with van der Waals surface area (Å²) in [7, 11) is 0. The topological polar surface area (TPSA) is 94.3 Å². The van der Waals surface area contributed by atoms with Crippen LogP contribution in [0, 0.1) is 5.41 Å². The third-order valence-corrected chi connectivity index (χ3v) is 4.20. The van der Waals surface area contributed by atoms with E-state index in [-0.39, 0.29) is 18.5 Å². The van der Waals surface area contributed by atoms with Gasteiger partial charge in [0.1, 0.15) is 11.5 Å². The van der Waals surface area contributed by atoms with Crippen molar-refractivity contribution in [2.45, 2.75) is 27.4 Å². The molecule has 0 unspecified atom stereocenters.